The molecule has 3 atom stereocenters. The summed E-state index contributed by atoms with van der Waals surface area (Å²) >= 11 is 0. The van der Waals surface area contributed by atoms with Crippen molar-refractivity contribution in [2.45, 2.75) is 43.1 Å². The van der Waals surface area contributed by atoms with Crippen LogP contribution in [0, 0.1) is 0 Å². The van der Waals surface area contributed by atoms with Crippen LogP contribution in [-0.2, 0) is 16.6 Å². The monoisotopic (exact) mass is 524 g/mol. The van der Waals surface area contributed by atoms with E-state index in [2.05, 4.69) is 15.0 Å². The number of aromatic nitrogens is 5. The normalized spacial score (nSPS) is 20.1. The highest BCUT2D eigenvalue weighted by Crippen LogP contribution is 2.36. The van der Waals surface area contributed by atoms with Gasteiger partial charge in [-0.3, -0.25) is 4.90 Å². The molecule has 0 saturated carbocycles. The summed E-state index contributed by atoms with van der Waals surface area (Å²) in [5.41, 5.74) is 1.24. The predicted octanol–water partition coefficient (Wildman–Crippen LogP) is 3.45. The number of hydrogen-bond acceptors (Lipinski definition) is 8. The summed E-state index contributed by atoms with van der Waals surface area (Å²) in [6, 6.07) is 9.16. The zero-order valence-corrected chi connectivity index (χ0v) is 20.8. The van der Waals surface area contributed by atoms with Crippen LogP contribution in [-0.4, -0.2) is 61.2 Å². The summed E-state index contributed by atoms with van der Waals surface area (Å²) in [6.07, 6.45) is 4.14. The number of fused-ring (bicyclic) bond motifs is 3. The standard InChI is InChI=1S/C25H25FN6O4S/c1-16(33)24-29-21-12-28-25-19(7-10-31(25)37(34,35)18-5-3-2-4-6-18)23(21)32(24)22-8-9-30(14-20(22)26)13-17-11-27-15-36-17/h2-7,10-12,15-16,20,22,33H,8-9,13-14H2,1H3/t16-,20?,22?/m1/s1. The van der Waals surface area contributed by atoms with E-state index in [1.165, 1.54) is 30.9 Å². The van der Waals surface area contributed by atoms with Gasteiger partial charge in [-0.05, 0) is 31.5 Å². The Morgan fingerprint density at radius 3 is 2.73 bits per heavy atom. The summed E-state index contributed by atoms with van der Waals surface area (Å²) in [7, 11) is -3.90. The van der Waals surface area contributed by atoms with Gasteiger partial charge in [0.25, 0.3) is 10.0 Å². The van der Waals surface area contributed by atoms with Crippen LogP contribution < -0.4 is 0 Å². The molecule has 0 bridgehead atoms. The number of nitrogens with zero attached hydrogens (tertiary/aromatic N) is 6. The molecule has 5 heterocycles. The van der Waals surface area contributed by atoms with Gasteiger partial charge in [0.1, 0.15) is 29.4 Å². The molecule has 0 spiro atoms. The highest BCUT2D eigenvalue weighted by molar-refractivity contribution is 7.90. The molecule has 37 heavy (non-hydrogen) atoms. The summed E-state index contributed by atoms with van der Waals surface area (Å²) in [5, 5.41) is 11.1. The molecule has 1 aromatic carbocycles. The maximum absolute atomic E-state index is 15.7. The van der Waals surface area contributed by atoms with E-state index in [9.17, 15) is 13.5 Å². The van der Waals surface area contributed by atoms with Crippen molar-refractivity contribution in [1.29, 1.82) is 0 Å². The number of alkyl halides is 1. The SMILES string of the molecule is C[C@@H](O)c1nc2cnc3c(ccn3S(=O)(=O)c3ccccc3)c2n1C1CCN(Cc2cnco2)CC1F. The molecular formula is C25H25FN6O4S. The molecule has 1 saturated heterocycles. The maximum Gasteiger partial charge on any atom is 0.269 e. The molecular weight excluding hydrogens is 499 g/mol. The molecule has 1 fully saturated rings. The average Bonchev–Trinajstić information content (AvgIpc) is 3.63. The first-order valence-electron chi connectivity index (χ1n) is 11.9. The molecule has 1 aliphatic rings. The van der Waals surface area contributed by atoms with E-state index in [0.717, 1.165) is 3.97 Å². The lowest BCUT2D eigenvalue weighted by molar-refractivity contribution is 0.0761. The highest BCUT2D eigenvalue weighted by Gasteiger charge is 2.35. The number of pyridine rings is 1. The largest absolute Gasteiger partial charge is 0.447 e. The van der Waals surface area contributed by atoms with Gasteiger partial charge in [0.05, 0.1) is 35.4 Å². The molecule has 10 nitrogen and oxygen atoms in total. The van der Waals surface area contributed by atoms with Crippen LogP contribution in [0.15, 0.2) is 70.7 Å². The number of halogens is 1. The number of oxazole rings is 1. The molecule has 1 N–H and O–H groups in total. The van der Waals surface area contributed by atoms with Crippen LogP contribution in [0.25, 0.3) is 22.1 Å². The summed E-state index contributed by atoms with van der Waals surface area (Å²) in [4.78, 5) is 15.0. The Kier molecular flexibility index (Phi) is 5.81. The zero-order chi connectivity index (χ0) is 25.7. The van der Waals surface area contributed by atoms with Crippen LogP contribution in [0.3, 0.4) is 0 Å². The lowest BCUT2D eigenvalue weighted by Crippen LogP contribution is -2.42. The van der Waals surface area contributed by atoms with Gasteiger partial charge in [0.2, 0.25) is 0 Å². The van der Waals surface area contributed by atoms with Crippen molar-refractivity contribution in [2.24, 2.45) is 0 Å². The Morgan fingerprint density at radius 1 is 1.22 bits per heavy atom. The Morgan fingerprint density at radius 2 is 2.03 bits per heavy atom. The molecule has 192 valence electrons. The number of imidazole rings is 1. The van der Waals surface area contributed by atoms with E-state index in [1.807, 2.05) is 4.90 Å². The van der Waals surface area contributed by atoms with Gasteiger partial charge in [-0.15, -0.1) is 0 Å². The zero-order valence-electron chi connectivity index (χ0n) is 20.0. The molecule has 4 aromatic heterocycles. The lowest BCUT2D eigenvalue weighted by Gasteiger charge is -2.36. The van der Waals surface area contributed by atoms with Crippen molar-refractivity contribution in [3.63, 3.8) is 0 Å². The fraction of sp³-hybridized carbons (Fsp3) is 0.320. The number of aliphatic hydroxyl groups excluding tert-OH is 1. The van der Waals surface area contributed by atoms with Gasteiger partial charge in [0.15, 0.2) is 12.0 Å². The van der Waals surface area contributed by atoms with E-state index in [0.29, 0.717) is 47.5 Å². The first-order valence-corrected chi connectivity index (χ1v) is 13.4. The third-order valence-corrected chi connectivity index (χ3v) is 8.50. The summed E-state index contributed by atoms with van der Waals surface area (Å²) in [5.74, 6) is 0.983. The van der Waals surface area contributed by atoms with Crippen LogP contribution in [0.5, 0.6) is 0 Å². The topological polar surface area (TPSA) is 119 Å². The van der Waals surface area contributed by atoms with E-state index in [-0.39, 0.29) is 17.1 Å². The summed E-state index contributed by atoms with van der Waals surface area (Å²) in [6.45, 7) is 2.80. The number of piperidine rings is 1. The van der Waals surface area contributed by atoms with Gasteiger partial charge >= 0.3 is 0 Å². The predicted molar refractivity (Wildman–Crippen MR) is 133 cm³/mol. The minimum absolute atomic E-state index is 0.135. The third-order valence-electron chi connectivity index (χ3n) is 6.82. The smallest absolute Gasteiger partial charge is 0.269 e. The molecule has 2 unspecified atom stereocenters. The van der Waals surface area contributed by atoms with Crippen LogP contribution in [0.4, 0.5) is 4.39 Å². The molecule has 0 aliphatic carbocycles. The van der Waals surface area contributed by atoms with Crippen LogP contribution in [0.1, 0.15) is 37.1 Å². The van der Waals surface area contributed by atoms with Gasteiger partial charge < -0.3 is 14.1 Å². The van der Waals surface area contributed by atoms with E-state index in [1.54, 1.807) is 42.0 Å². The van der Waals surface area contributed by atoms with Crippen LogP contribution in [0.2, 0.25) is 0 Å². The van der Waals surface area contributed by atoms with Crippen molar-refractivity contribution >= 4 is 32.1 Å². The van der Waals surface area contributed by atoms with E-state index >= 15 is 4.39 Å². The van der Waals surface area contributed by atoms with Crippen molar-refractivity contribution in [3.05, 3.63) is 73.0 Å². The van der Waals surface area contributed by atoms with Gasteiger partial charge in [0, 0.05) is 24.7 Å². The molecule has 6 rings (SSSR count). The van der Waals surface area contributed by atoms with Crippen LogP contribution >= 0.6 is 0 Å². The lowest BCUT2D eigenvalue weighted by atomic mass is 10.0. The number of rotatable bonds is 6. The molecule has 0 radical (unpaired) electrons. The van der Waals surface area contributed by atoms with Crippen molar-refractivity contribution in [3.8, 4) is 0 Å². The minimum Gasteiger partial charge on any atom is -0.447 e. The fourth-order valence-electron chi connectivity index (χ4n) is 5.13. The number of benzene rings is 1. The van der Waals surface area contributed by atoms with E-state index < -0.39 is 28.3 Å². The summed E-state index contributed by atoms with van der Waals surface area (Å²) < 4.78 is 50.6. The van der Waals surface area contributed by atoms with E-state index in [4.69, 9.17) is 4.42 Å². The Balaban J connectivity index is 1.44. The number of hydrogen-bond donors (Lipinski definition) is 1. The van der Waals surface area contributed by atoms with Crippen molar-refractivity contribution in [1.82, 2.24) is 28.4 Å². The molecule has 12 heteroatoms. The van der Waals surface area contributed by atoms with Crippen molar-refractivity contribution in [2.75, 3.05) is 13.1 Å². The Bertz CT molecular complexity index is 1660. The minimum atomic E-state index is -3.90. The van der Waals surface area contributed by atoms with Gasteiger partial charge in [-0.2, -0.15) is 0 Å². The quantitative estimate of drug-likeness (QED) is 0.359. The number of likely N-dealkylation sites (tertiary alicyclic amines) is 1. The average molecular weight is 525 g/mol. The Hall–Kier alpha value is -3.61. The fourth-order valence-corrected chi connectivity index (χ4v) is 6.45. The van der Waals surface area contributed by atoms with Gasteiger partial charge in [-0.1, -0.05) is 18.2 Å². The number of aliphatic hydroxyl groups is 1. The first kappa shape index (κ1) is 23.8. The second kappa shape index (κ2) is 9.05. The van der Waals surface area contributed by atoms with Gasteiger partial charge in [-0.25, -0.2) is 31.7 Å². The molecule has 5 aromatic rings. The second-order valence-electron chi connectivity index (χ2n) is 9.25. The Labute approximate surface area is 212 Å². The molecule has 1 aliphatic heterocycles. The third kappa shape index (κ3) is 4.01. The molecule has 0 amide bonds. The van der Waals surface area contributed by atoms with Crippen molar-refractivity contribution < 1.29 is 22.3 Å². The maximum atomic E-state index is 15.7. The highest BCUT2D eigenvalue weighted by atomic mass is 32.2. The first-order chi connectivity index (χ1) is 17.8. The second-order valence-corrected chi connectivity index (χ2v) is 11.1.